The highest BCUT2D eigenvalue weighted by molar-refractivity contribution is 5.96. The van der Waals surface area contributed by atoms with Gasteiger partial charge in [0.05, 0.1) is 26.4 Å². The molecule has 4 heteroatoms. The number of carbonyl (C=O) groups excluding carboxylic acids is 1. The summed E-state index contributed by atoms with van der Waals surface area (Å²) in [7, 11) is 1.66. The van der Waals surface area contributed by atoms with Crippen LogP contribution < -0.4 is 4.74 Å². The summed E-state index contributed by atoms with van der Waals surface area (Å²) in [5, 5.41) is 0. The molecular formula is C21H25NO3. The van der Waals surface area contributed by atoms with Crippen molar-refractivity contribution in [2.45, 2.75) is 25.8 Å². The van der Waals surface area contributed by atoms with E-state index in [2.05, 4.69) is 6.92 Å². The van der Waals surface area contributed by atoms with Crippen LogP contribution in [0.3, 0.4) is 0 Å². The Labute approximate surface area is 149 Å². The van der Waals surface area contributed by atoms with Crippen molar-refractivity contribution in [1.82, 2.24) is 4.90 Å². The number of ether oxygens (including phenoxy) is 2. The van der Waals surface area contributed by atoms with E-state index in [0.29, 0.717) is 25.3 Å². The van der Waals surface area contributed by atoms with Crippen molar-refractivity contribution < 1.29 is 14.3 Å². The molecule has 0 spiro atoms. The van der Waals surface area contributed by atoms with Gasteiger partial charge in [-0.3, -0.25) is 4.79 Å². The number of nitrogens with zero attached hydrogens (tertiary/aromatic N) is 1. The van der Waals surface area contributed by atoms with Gasteiger partial charge in [-0.05, 0) is 30.2 Å². The van der Waals surface area contributed by atoms with Crippen molar-refractivity contribution in [2.75, 3.05) is 26.9 Å². The van der Waals surface area contributed by atoms with Crippen molar-refractivity contribution in [3.63, 3.8) is 0 Å². The minimum atomic E-state index is 0.0819. The molecule has 2 aromatic carbocycles. The molecule has 1 amide bonds. The zero-order chi connectivity index (χ0) is 17.6. The predicted octanol–water partition coefficient (Wildman–Crippen LogP) is 4.00. The van der Waals surface area contributed by atoms with E-state index in [1.54, 1.807) is 7.11 Å². The molecule has 1 fully saturated rings. The third kappa shape index (κ3) is 3.85. The van der Waals surface area contributed by atoms with E-state index in [-0.39, 0.29) is 11.9 Å². The third-order valence-electron chi connectivity index (χ3n) is 4.64. The van der Waals surface area contributed by atoms with Crippen LogP contribution in [0.2, 0.25) is 0 Å². The van der Waals surface area contributed by atoms with Gasteiger partial charge in [0.1, 0.15) is 5.75 Å². The van der Waals surface area contributed by atoms with Crippen molar-refractivity contribution >= 4 is 5.91 Å². The van der Waals surface area contributed by atoms with Gasteiger partial charge in [0.25, 0.3) is 5.91 Å². The molecule has 4 nitrogen and oxygen atoms in total. The number of carbonyl (C=O) groups is 1. The Kier molecular flexibility index (Phi) is 5.71. The normalized spacial score (nSPS) is 17.4. The second kappa shape index (κ2) is 8.17. The van der Waals surface area contributed by atoms with Gasteiger partial charge >= 0.3 is 0 Å². The number of hydrogen-bond acceptors (Lipinski definition) is 3. The predicted molar refractivity (Wildman–Crippen MR) is 99.0 cm³/mol. The summed E-state index contributed by atoms with van der Waals surface area (Å²) in [6.45, 7) is 4.03. The van der Waals surface area contributed by atoms with Crippen LogP contribution in [0.15, 0.2) is 48.5 Å². The molecule has 1 saturated heterocycles. The molecule has 1 heterocycles. The second-order valence-electron chi connectivity index (χ2n) is 6.30. The summed E-state index contributed by atoms with van der Waals surface area (Å²) in [5.74, 6) is 0.890. The van der Waals surface area contributed by atoms with Gasteiger partial charge in [0, 0.05) is 17.7 Å². The van der Waals surface area contributed by atoms with E-state index in [1.807, 2.05) is 53.4 Å². The lowest BCUT2D eigenvalue weighted by molar-refractivity contribution is -0.00433. The molecule has 0 aliphatic carbocycles. The first-order valence-corrected chi connectivity index (χ1v) is 8.86. The highest BCUT2D eigenvalue weighted by atomic mass is 16.5. The van der Waals surface area contributed by atoms with Crippen molar-refractivity contribution in [3.8, 4) is 16.9 Å². The highest BCUT2D eigenvalue weighted by Gasteiger charge is 2.27. The molecule has 132 valence electrons. The van der Waals surface area contributed by atoms with Crippen LogP contribution in [-0.2, 0) is 4.74 Å². The van der Waals surface area contributed by atoms with Crippen molar-refractivity contribution in [3.05, 3.63) is 54.1 Å². The fourth-order valence-corrected chi connectivity index (χ4v) is 3.36. The highest BCUT2D eigenvalue weighted by Crippen LogP contribution is 2.30. The Morgan fingerprint density at radius 1 is 1.24 bits per heavy atom. The lowest BCUT2D eigenvalue weighted by atomic mass is 10.0. The summed E-state index contributed by atoms with van der Waals surface area (Å²) >= 11 is 0. The fraction of sp³-hybridized carbons (Fsp3) is 0.381. The molecule has 3 rings (SSSR count). The van der Waals surface area contributed by atoms with E-state index >= 15 is 0 Å². The van der Waals surface area contributed by atoms with Crippen LogP contribution in [0.25, 0.3) is 11.1 Å². The van der Waals surface area contributed by atoms with E-state index < -0.39 is 0 Å². The minimum Gasteiger partial charge on any atom is -0.496 e. The zero-order valence-corrected chi connectivity index (χ0v) is 14.9. The third-order valence-corrected chi connectivity index (χ3v) is 4.64. The molecule has 1 aliphatic heterocycles. The van der Waals surface area contributed by atoms with Crippen LogP contribution in [-0.4, -0.2) is 43.7 Å². The van der Waals surface area contributed by atoms with Gasteiger partial charge in [-0.1, -0.05) is 43.7 Å². The first-order chi connectivity index (χ1) is 12.2. The largest absolute Gasteiger partial charge is 0.496 e. The molecule has 2 aromatic rings. The van der Waals surface area contributed by atoms with Gasteiger partial charge < -0.3 is 14.4 Å². The Balaban J connectivity index is 1.89. The summed E-state index contributed by atoms with van der Waals surface area (Å²) in [6, 6.07) is 15.8. The molecule has 0 radical (unpaired) electrons. The minimum absolute atomic E-state index is 0.0819. The van der Waals surface area contributed by atoms with E-state index in [1.165, 1.54) is 0 Å². The van der Waals surface area contributed by atoms with Gasteiger partial charge in [-0.2, -0.15) is 0 Å². The molecule has 0 N–H and O–H groups in total. The number of para-hydroxylation sites is 1. The number of rotatable bonds is 5. The SMILES string of the molecule is CCC[C@@H]1COCCN1C(=O)c1cccc(-c2ccccc2OC)c1. The standard InChI is InChI=1S/C21H25NO3/c1-3-7-18-15-25-13-12-22(18)21(23)17-9-6-8-16(14-17)19-10-4-5-11-20(19)24-2/h4-6,8-11,14,18H,3,7,12-13,15H2,1-2H3/t18-/m1/s1. The molecular weight excluding hydrogens is 314 g/mol. The van der Waals surface area contributed by atoms with Gasteiger partial charge in [0.15, 0.2) is 0 Å². The summed E-state index contributed by atoms with van der Waals surface area (Å²) in [6.07, 6.45) is 2.01. The van der Waals surface area contributed by atoms with Gasteiger partial charge in [0.2, 0.25) is 0 Å². The average Bonchev–Trinajstić information content (AvgIpc) is 2.68. The lowest BCUT2D eigenvalue weighted by Crippen LogP contribution is -2.48. The van der Waals surface area contributed by atoms with Crippen molar-refractivity contribution in [2.24, 2.45) is 0 Å². The van der Waals surface area contributed by atoms with Crippen LogP contribution >= 0.6 is 0 Å². The summed E-state index contributed by atoms with van der Waals surface area (Å²) in [4.78, 5) is 15.0. The van der Waals surface area contributed by atoms with Crippen LogP contribution in [0.1, 0.15) is 30.1 Å². The van der Waals surface area contributed by atoms with E-state index in [4.69, 9.17) is 9.47 Å². The summed E-state index contributed by atoms with van der Waals surface area (Å²) < 4.78 is 11.0. The summed E-state index contributed by atoms with van der Waals surface area (Å²) in [5.41, 5.74) is 2.70. The van der Waals surface area contributed by atoms with E-state index in [0.717, 1.165) is 29.7 Å². The Morgan fingerprint density at radius 2 is 2.08 bits per heavy atom. The number of hydrogen-bond donors (Lipinski definition) is 0. The average molecular weight is 339 g/mol. The van der Waals surface area contributed by atoms with Gasteiger partial charge in [-0.15, -0.1) is 0 Å². The molecule has 0 unspecified atom stereocenters. The molecule has 0 aromatic heterocycles. The number of methoxy groups -OCH3 is 1. The maximum absolute atomic E-state index is 13.1. The lowest BCUT2D eigenvalue weighted by Gasteiger charge is -2.35. The Bertz CT molecular complexity index is 727. The van der Waals surface area contributed by atoms with Crippen LogP contribution in [0.4, 0.5) is 0 Å². The van der Waals surface area contributed by atoms with Crippen LogP contribution in [0.5, 0.6) is 5.75 Å². The maximum Gasteiger partial charge on any atom is 0.254 e. The van der Waals surface area contributed by atoms with E-state index in [9.17, 15) is 4.79 Å². The Morgan fingerprint density at radius 3 is 2.88 bits per heavy atom. The fourth-order valence-electron chi connectivity index (χ4n) is 3.36. The molecule has 1 aliphatic rings. The first kappa shape index (κ1) is 17.5. The topological polar surface area (TPSA) is 38.8 Å². The second-order valence-corrected chi connectivity index (χ2v) is 6.30. The number of morpholine rings is 1. The maximum atomic E-state index is 13.1. The van der Waals surface area contributed by atoms with Crippen molar-refractivity contribution in [1.29, 1.82) is 0 Å². The first-order valence-electron chi connectivity index (χ1n) is 8.86. The Hall–Kier alpha value is -2.33. The molecule has 25 heavy (non-hydrogen) atoms. The molecule has 0 bridgehead atoms. The monoisotopic (exact) mass is 339 g/mol. The quantitative estimate of drug-likeness (QED) is 0.826. The van der Waals surface area contributed by atoms with Gasteiger partial charge in [-0.25, -0.2) is 0 Å². The van der Waals surface area contributed by atoms with Crippen LogP contribution in [0, 0.1) is 0 Å². The molecule has 0 saturated carbocycles. The zero-order valence-electron chi connectivity index (χ0n) is 14.9. The molecule has 1 atom stereocenters. The number of benzene rings is 2. The number of amides is 1. The smallest absolute Gasteiger partial charge is 0.254 e.